The number of rotatable bonds is 10. The number of hydrazone groups is 1. The lowest BCUT2D eigenvalue weighted by atomic mass is 9.58. The van der Waals surface area contributed by atoms with Crippen LogP contribution in [0.5, 0.6) is 0 Å². The van der Waals surface area contributed by atoms with Gasteiger partial charge in [0.25, 0.3) is 5.91 Å². The van der Waals surface area contributed by atoms with Crippen LogP contribution in [0.3, 0.4) is 0 Å². The van der Waals surface area contributed by atoms with Gasteiger partial charge >= 0.3 is 5.97 Å². The maximum atomic E-state index is 15.4. The van der Waals surface area contributed by atoms with Gasteiger partial charge in [0, 0.05) is 37.1 Å². The SMILES string of the molecule is C=C(CC)[C@H]1N2CC(=O)N(CC(=O)OC(C)(C)C)N=C2C[C@@H](c2cccc(Cl)c2)[C@]12C(=O)N(COCC[Si](C)(C)C)c1cc(Cl)ccc12. The molecule has 2 aromatic carbocycles. The largest absolute Gasteiger partial charge is 0.459 e. The van der Waals surface area contributed by atoms with Crippen molar-refractivity contribution in [1.29, 1.82) is 0 Å². The van der Waals surface area contributed by atoms with Gasteiger partial charge in [0.1, 0.15) is 36.7 Å². The summed E-state index contributed by atoms with van der Waals surface area (Å²) in [5.41, 5.74) is 1.17. The van der Waals surface area contributed by atoms with Crippen molar-refractivity contribution in [2.75, 3.05) is 31.3 Å². The molecule has 3 atom stereocenters. The zero-order chi connectivity index (χ0) is 35.2. The first kappa shape index (κ1) is 36.1. The standard InChI is InChI=1S/C36H46Cl2N4O5Si/c1-9-23(2)33-36(27-14-13-26(38)18-29(27)41(34(36)45)22-46-15-16-48(6,7)8)28(24-11-10-12-25(37)17-24)19-30-39-42(31(43)20-40(30)33)21-32(44)47-35(3,4)5/h10-14,17-18,28,33H,2,9,15-16,19-22H2,1,3-8H3/t28-,33+,36-/m0/s1. The van der Waals surface area contributed by atoms with Crippen molar-refractivity contribution in [1.82, 2.24) is 9.91 Å². The topological polar surface area (TPSA) is 91.8 Å². The molecule has 258 valence electrons. The number of amidine groups is 1. The Labute approximate surface area is 294 Å². The van der Waals surface area contributed by atoms with E-state index in [0.29, 0.717) is 41.0 Å². The summed E-state index contributed by atoms with van der Waals surface area (Å²) in [4.78, 5) is 45.4. The Bertz CT molecular complexity index is 1650. The molecule has 5 rings (SSSR count). The van der Waals surface area contributed by atoms with Crippen LogP contribution in [-0.2, 0) is 29.3 Å². The molecule has 2 aromatic rings. The van der Waals surface area contributed by atoms with Gasteiger partial charge in [-0.3, -0.25) is 19.3 Å². The quantitative estimate of drug-likeness (QED) is 0.112. The van der Waals surface area contributed by atoms with Gasteiger partial charge in [0.15, 0.2) is 0 Å². The minimum absolute atomic E-state index is 0.0650. The molecule has 1 saturated heterocycles. The van der Waals surface area contributed by atoms with Crippen LogP contribution in [0.2, 0.25) is 35.7 Å². The maximum absolute atomic E-state index is 15.4. The van der Waals surface area contributed by atoms with E-state index >= 15 is 4.79 Å². The van der Waals surface area contributed by atoms with E-state index in [1.54, 1.807) is 37.8 Å². The number of hydrogen-bond donors (Lipinski definition) is 0. The summed E-state index contributed by atoms with van der Waals surface area (Å²) in [6, 6.07) is 13.4. The number of carbonyl (C=O) groups is 3. The van der Waals surface area contributed by atoms with E-state index in [1.807, 2.05) is 42.2 Å². The molecule has 48 heavy (non-hydrogen) atoms. The molecule has 0 bridgehead atoms. The molecule has 0 unspecified atom stereocenters. The lowest BCUT2D eigenvalue weighted by Gasteiger charge is -2.54. The molecular formula is C36H46Cl2N4O5Si. The third-order valence-corrected chi connectivity index (χ3v) is 11.3. The summed E-state index contributed by atoms with van der Waals surface area (Å²) >= 11 is 13.2. The number of benzene rings is 2. The van der Waals surface area contributed by atoms with Crippen LogP contribution in [0.15, 0.2) is 59.7 Å². The highest BCUT2D eigenvalue weighted by molar-refractivity contribution is 6.76. The Morgan fingerprint density at radius 2 is 1.81 bits per heavy atom. The molecule has 3 aliphatic rings. The third kappa shape index (κ3) is 7.08. The van der Waals surface area contributed by atoms with Crippen LogP contribution in [0.25, 0.3) is 0 Å². The molecule has 3 aliphatic heterocycles. The van der Waals surface area contributed by atoms with Gasteiger partial charge in [-0.2, -0.15) is 5.10 Å². The molecule has 0 N–H and O–H groups in total. The van der Waals surface area contributed by atoms with E-state index in [9.17, 15) is 9.59 Å². The number of halogens is 2. The lowest BCUT2D eigenvalue weighted by molar-refractivity contribution is -0.159. The summed E-state index contributed by atoms with van der Waals surface area (Å²) in [5, 5.41) is 6.98. The molecule has 0 saturated carbocycles. The normalized spacial score (nSPS) is 22.5. The smallest absolute Gasteiger partial charge is 0.328 e. The van der Waals surface area contributed by atoms with Gasteiger partial charge in [0.2, 0.25) is 5.91 Å². The molecule has 0 aromatic heterocycles. The van der Waals surface area contributed by atoms with Crippen LogP contribution in [0.4, 0.5) is 5.69 Å². The summed E-state index contributed by atoms with van der Waals surface area (Å²) in [5.74, 6) is -0.955. The number of nitrogens with zero attached hydrogens (tertiary/aromatic N) is 4. The second-order valence-corrected chi connectivity index (χ2v) is 21.5. The van der Waals surface area contributed by atoms with Crippen molar-refractivity contribution in [2.45, 2.75) is 89.2 Å². The molecular weight excluding hydrogens is 667 g/mol. The number of esters is 1. The van der Waals surface area contributed by atoms with Gasteiger partial charge in [-0.1, -0.05) is 80.1 Å². The molecule has 1 fully saturated rings. The summed E-state index contributed by atoms with van der Waals surface area (Å²) < 4.78 is 11.7. The Kier molecular flexibility index (Phi) is 10.2. The van der Waals surface area contributed by atoms with E-state index in [1.165, 1.54) is 5.01 Å². The highest BCUT2D eigenvalue weighted by Gasteiger charge is 2.65. The summed E-state index contributed by atoms with van der Waals surface area (Å²) in [6.45, 7) is 18.9. The van der Waals surface area contributed by atoms with Crippen molar-refractivity contribution < 1.29 is 23.9 Å². The van der Waals surface area contributed by atoms with Gasteiger partial charge in [-0.15, -0.1) is 0 Å². The third-order valence-electron chi connectivity index (χ3n) is 9.14. The zero-order valence-electron chi connectivity index (χ0n) is 28.9. The fraction of sp³-hybridized carbons (Fsp3) is 0.500. The van der Waals surface area contributed by atoms with Crippen LogP contribution < -0.4 is 4.90 Å². The number of carbonyl (C=O) groups excluding carboxylic acids is 3. The number of amides is 2. The van der Waals surface area contributed by atoms with Crippen molar-refractivity contribution in [3.8, 4) is 0 Å². The highest BCUT2D eigenvalue weighted by atomic mass is 35.5. The molecule has 1 spiro atoms. The highest BCUT2D eigenvalue weighted by Crippen LogP contribution is 2.59. The number of hydrogen-bond acceptors (Lipinski definition) is 7. The molecule has 0 aliphatic carbocycles. The van der Waals surface area contributed by atoms with E-state index in [4.69, 9.17) is 37.8 Å². The van der Waals surface area contributed by atoms with Crippen LogP contribution >= 0.6 is 23.2 Å². The second kappa shape index (κ2) is 13.6. The predicted molar refractivity (Wildman–Crippen MR) is 193 cm³/mol. The number of ether oxygens (including phenoxy) is 2. The minimum atomic E-state index is -1.37. The minimum Gasteiger partial charge on any atom is -0.459 e. The lowest BCUT2D eigenvalue weighted by Crippen LogP contribution is -2.67. The first-order valence-corrected chi connectivity index (χ1v) is 20.9. The number of fused-ring (bicyclic) bond motifs is 3. The predicted octanol–water partition coefficient (Wildman–Crippen LogP) is 7.21. The Morgan fingerprint density at radius 3 is 2.46 bits per heavy atom. The van der Waals surface area contributed by atoms with Gasteiger partial charge in [-0.25, -0.2) is 5.01 Å². The van der Waals surface area contributed by atoms with Crippen LogP contribution in [-0.4, -0.2) is 79.7 Å². The molecule has 12 heteroatoms. The Morgan fingerprint density at radius 1 is 1.10 bits per heavy atom. The fourth-order valence-corrected chi connectivity index (χ4v) is 8.12. The molecule has 2 amide bonds. The van der Waals surface area contributed by atoms with Gasteiger partial charge in [0.05, 0.1) is 11.7 Å². The van der Waals surface area contributed by atoms with Crippen LogP contribution in [0, 0.1) is 0 Å². The van der Waals surface area contributed by atoms with E-state index in [0.717, 1.165) is 22.7 Å². The maximum Gasteiger partial charge on any atom is 0.328 e. The zero-order valence-corrected chi connectivity index (χ0v) is 31.5. The second-order valence-electron chi connectivity index (χ2n) is 15.0. The molecule has 3 heterocycles. The average molecular weight is 714 g/mol. The molecule has 0 radical (unpaired) electrons. The fourth-order valence-electron chi connectivity index (χ4n) is 7.00. The van der Waals surface area contributed by atoms with E-state index in [2.05, 4.69) is 26.2 Å². The first-order valence-electron chi connectivity index (χ1n) is 16.5. The Balaban J connectivity index is 1.67. The van der Waals surface area contributed by atoms with E-state index in [-0.39, 0.29) is 31.6 Å². The van der Waals surface area contributed by atoms with Crippen molar-refractivity contribution in [2.24, 2.45) is 5.10 Å². The summed E-state index contributed by atoms with van der Waals surface area (Å²) in [6.07, 6.45) is 0.848. The Hall–Kier alpha value is -3.18. The first-order chi connectivity index (χ1) is 22.5. The summed E-state index contributed by atoms with van der Waals surface area (Å²) in [7, 11) is -1.37. The monoisotopic (exact) mass is 712 g/mol. The van der Waals surface area contributed by atoms with Gasteiger partial charge < -0.3 is 14.4 Å². The average Bonchev–Trinajstić information content (AvgIpc) is 3.20. The van der Waals surface area contributed by atoms with Crippen molar-refractivity contribution in [3.05, 3.63) is 75.8 Å². The van der Waals surface area contributed by atoms with Crippen molar-refractivity contribution >= 4 is 60.6 Å². The molecule has 9 nitrogen and oxygen atoms in total. The number of piperidine rings is 1. The van der Waals surface area contributed by atoms with E-state index < -0.39 is 37.0 Å². The van der Waals surface area contributed by atoms with Crippen LogP contribution in [0.1, 0.15) is 57.6 Å². The van der Waals surface area contributed by atoms with Crippen molar-refractivity contribution in [3.63, 3.8) is 0 Å². The number of anilines is 1. The van der Waals surface area contributed by atoms with Gasteiger partial charge in [-0.05, 0) is 68.6 Å².